The van der Waals surface area contributed by atoms with E-state index in [2.05, 4.69) is 25.8 Å². The zero-order chi connectivity index (χ0) is 20.6. The van der Waals surface area contributed by atoms with Crippen LogP contribution in [0.2, 0.25) is 0 Å². The molecule has 0 radical (unpaired) electrons. The summed E-state index contributed by atoms with van der Waals surface area (Å²) in [7, 11) is 1.62. The first kappa shape index (κ1) is 19.2. The van der Waals surface area contributed by atoms with Gasteiger partial charge >= 0.3 is 0 Å². The summed E-state index contributed by atoms with van der Waals surface area (Å²) >= 11 is 0. The molecule has 0 aliphatic carbocycles. The van der Waals surface area contributed by atoms with Crippen LogP contribution in [0.3, 0.4) is 0 Å². The van der Waals surface area contributed by atoms with E-state index in [-0.39, 0.29) is 0 Å². The van der Waals surface area contributed by atoms with E-state index >= 15 is 0 Å². The summed E-state index contributed by atoms with van der Waals surface area (Å²) in [6, 6.07) is 25.3. The minimum atomic E-state index is 0.385. The van der Waals surface area contributed by atoms with Gasteiger partial charge in [0, 0.05) is 17.4 Å². The molecule has 0 saturated heterocycles. The zero-order valence-electron chi connectivity index (χ0n) is 16.4. The largest absolute Gasteiger partial charge is 0.497 e. The van der Waals surface area contributed by atoms with E-state index in [9.17, 15) is 0 Å². The predicted molar refractivity (Wildman–Crippen MR) is 117 cm³/mol. The molecule has 1 heterocycles. The maximum atomic E-state index is 5.82. The van der Waals surface area contributed by atoms with Gasteiger partial charge in [-0.15, -0.1) is 5.10 Å². The molecule has 0 aliphatic rings. The third-order valence-electron chi connectivity index (χ3n) is 4.26. The summed E-state index contributed by atoms with van der Waals surface area (Å²) in [5.41, 5.74) is 2.81. The lowest BCUT2D eigenvalue weighted by Crippen LogP contribution is -2.02. The van der Waals surface area contributed by atoms with Gasteiger partial charge in [-0.25, -0.2) is 0 Å². The smallest absolute Gasteiger partial charge is 0.249 e. The van der Waals surface area contributed by atoms with Crippen LogP contribution in [0.25, 0.3) is 0 Å². The minimum Gasteiger partial charge on any atom is -0.497 e. The third kappa shape index (κ3) is 5.23. The number of nitrogens with one attached hydrogen (secondary N) is 2. The fraction of sp³-hybridized carbons (Fsp3) is 0.0870. The molecule has 3 aromatic carbocycles. The number of rotatable bonds is 8. The third-order valence-corrected chi connectivity index (χ3v) is 4.26. The number of hydrogen-bond donors (Lipinski definition) is 2. The highest BCUT2D eigenvalue weighted by molar-refractivity contribution is 5.60. The number of ether oxygens (including phenoxy) is 2. The van der Waals surface area contributed by atoms with Crippen LogP contribution in [0.15, 0.2) is 85.1 Å². The van der Waals surface area contributed by atoms with Crippen LogP contribution in [0, 0.1) is 0 Å². The monoisotopic (exact) mass is 399 g/mol. The van der Waals surface area contributed by atoms with Crippen molar-refractivity contribution in [2.24, 2.45) is 0 Å². The molecule has 2 N–H and O–H groups in total. The molecule has 150 valence electrons. The van der Waals surface area contributed by atoms with E-state index in [0.717, 1.165) is 28.4 Å². The van der Waals surface area contributed by atoms with Gasteiger partial charge in [-0.05, 0) is 42.0 Å². The Morgan fingerprint density at radius 1 is 0.800 bits per heavy atom. The molecule has 7 nitrogen and oxygen atoms in total. The second-order valence-electron chi connectivity index (χ2n) is 6.45. The van der Waals surface area contributed by atoms with Crippen molar-refractivity contribution in [3.63, 3.8) is 0 Å². The SMILES string of the molecule is COc1cccc(Nc2nncc(Nc3ccc(OCc4ccccc4)cc3)n2)c1. The topological polar surface area (TPSA) is 81.2 Å². The molecule has 7 heteroatoms. The Bertz CT molecular complexity index is 1090. The van der Waals surface area contributed by atoms with Gasteiger partial charge in [0.15, 0.2) is 5.82 Å². The summed E-state index contributed by atoms with van der Waals surface area (Å²) in [6.07, 6.45) is 1.57. The van der Waals surface area contributed by atoms with Gasteiger partial charge in [0.2, 0.25) is 5.95 Å². The van der Waals surface area contributed by atoms with Crippen LogP contribution in [0.1, 0.15) is 5.56 Å². The van der Waals surface area contributed by atoms with Crippen molar-refractivity contribution in [1.82, 2.24) is 15.2 Å². The summed E-state index contributed by atoms with van der Waals surface area (Å²) in [6.45, 7) is 0.531. The molecule has 0 amide bonds. The van der Waals surface area contributed by atoms with Crippen LogP contribution >= 0.6 is 0 Å². The molecule has 4 aromatic rings. The molecule has 0 spiro atoms. The number of aromatic nitrogens is 3. The van der Waals surface area contributed by atoms with Gasteiger partial charge in [0.25, 0.3) is 0 Å². The van der Waals surface area contributed by atoms with Crippen molar-refractivity contribution >= 4 is 23.1 Å². The van der Waals surface area contributed by atoms with Gasteiger partial charge in [-0.1, -0.05) is 36.4 Å². The van der Waals surface area contributed by atoms with Crippen LogP contribution in [0.4, 0.5) is 23.1 Å². The maximum absolute atomic E-state index is 5.82. The molecule has 30 heavy (non-hydrogen) atoms. The van der Waals surface area contributed by atoms with Gasteiger partial charge in [-0.2, -0.15) is 10.1 Å². The second-order valence-corrected chi connectivity index (χ2v) is 6.45. The maximum Gasteiger partial charge on any atom is 0.249 e. The Morgan fingerprint density at radius 3 is 2.43 bits per heavy atom. The van der Waals surface area contributed by atoms with Crippen molar-refractivity contribution in [2.45, 2.75) is 6.61 Å². The van der Waals surface area contributed by atoms with Gasteiger partial charge in [0.05, 0.1) is 13.3 Å². The Kier molecular flexibility index (Phi) is 6.00. The average Bonchev–Trinajstić information content (AvgIpc) is 2.80. The van der Waals surface area contributed by atoms with Crippen LogP contribution in [0.5, 0.6) is 11.5 Å². The van der Waals surface area contributed by atoms with Crippen LogP contribution in [-0.2, 0) is 6.61 Å². The zero-order valence-corrected chi connectivity index (χ0v) is 16.4. The summed E-state index contributed by atoms with van der Waals surface area (Å²) in [4.78, 5) is 4.45. The molecular formula is C23H21N5O2. The summed E-state index contributed by atoms with van der Waals surface area (Å²) < 4.78 is 11.0. The van der Waals surface area contributed by atoms with Crippen molar-refractivity contribution < 1.29 is 9.47 Å². The fourth-order valence-electron chi connectivity index (χ4n) is 2.77. The van der Waals surface area contributed by atoms with Gasteiger partial charge < -0.3 is 20.1 Å². The lowest BCUT2D eigenvalue weighted by molar-refractivity contribution is 0.306. The Balaban J connectivity index is 1.37. The van der Waals surface area contributed by atoms with Crippen LogP contribution < -0.4 is 20.1 Å². The molecule has 0 unspecified atom stereocenters. The average molecular weight is 399 g/mol. The highest BCUT2D eigenvalue weighted by Gasteiger charge is 2.04. The lowest BCUT2D eigenvalue weighted by atomic mass is 10.2. The minimum absolute atomic E-state index is 0.385. The quantitative estimate of drug-likeness (QED) is 0.434. The number of anilines is 4. The second kappa shape index (κ2) is 9.38. The lowest BCUT2D eigenvalue weighted by Gasteiger charge is -2.10. The first-order valence-corrected chi connectivity index (χ1v) is 9.43. The van der Waals surface area contributed by atoms with E-state index in [0.29, 0.717) is 18.4 Å². The number of nitrogens with zero attached hydrogens (tertiary/aromatic N) is 3. The molecular weight excluding hydrogens is 378 g/mol. The summed E-state index contributed by atoms with van der Waals surface area (Å²) in [5.74, 6) is 2.51. The molecule has 0 fully saturated rings. The molecule has 4 rings (SSSR count). The van der Waals surface area contributed by atoms with E-state index in [1.807, 2.05) is 78.9 Å². The first-order chi connectivity index (χ1) is 14.8. The predicted octanol–water partition coefficient (Wildman–Crippen LogP) is 4.95. The molecule has 0 aliphatic heterocycles. The normalized spacial score (nSPS) is 10.3. The fourth-order valence-corrected chi connectivity index (χ4v) is 2.77. The molecule has 1 aromatic heterocycles. The highest BCUT2D eigenvalue weighted by Crippen LogP contribution is 2.22. The van der Waals surface area contributed by atoms with E-state index in [1.54, 1.807) is 13.3 Å². The number of methoxy groups -OCH3 is 1. The van der Waals surface area contributed by atoms with Crippen molar-refractivity contribution in [3.05, 3.63) is 90.6 Å². The van der Waals surface area contributed by atoms with Crippen molar-refractivity contribution in [2.75, 3.05) is 17.7 Å². The molecule has 0 bridgehead atoms. The van der Waals surface area contributed by atoms with E-state index < -0.39 is 0 Å². The standard InChI is InChI=1S/C23H21N5O2/c1-29-21-9-5-8-19(14-21)26-23-27-22(15-24-28-23)25-18-10-12-20(13-11-18)30-16-17-6-3-2-4-7-17/h2-15H,16H2,1H3,(H2,25,26,27,28). The Labute approximate surface area is 174 Å². The number of hydrogen-bond acceptors (Lipinski definition) is 7. The van der Waals surface area contributed by atoms with E-state index in [1.165, 1.54) is 0 Å². The first-order valence-electron chi connectivity index (χ1n) is 9.43. The van der Waals surface area contributed by atoms with Gasteiger partial charge in [0.1, 0.15) is 18.1 Å². The Morgan fingerprint density at radius 2 is 1.63 bits per heavy atom. The number of benzene rings is 3. The summed E-state index contributed by atoms with van der Waals surface area (Å²) in [5, 5.41) is 14.4. The Hall–Kier alpha value is -4.13. The van der Waals surface area contributed by atoms with E-state index in [4.69, 9.17) is 9.47 Å². The van der Waals surface area contributed by atoms with Crippen molar-refractivity contribution in [1.29, 1.82) is 0 Å². The van der Waals surface area contributed by atoms with Crippen LogP contribution in [-0.4, -0.2) is 22.3 Å². The highest BCUT2D eigenvalue weighted by atomic mass is 16.5. The molecule has 0 saturated carbocycles. The van der Waals surface area contributed by atoms with Gasteiger partial charge in [-0.3, -0.25) is 0 Å². The molecule has 0 atom stereocenters. The van der Waals surface area contributed by atoms with Crippen molar-refractivity contribution in [3.8, 4) is 11.5 Å².